The average molecular weight is 257 g/mol. The molecule has 7 N–H and O–H groups in total. The van der Waals surface area contributed by atoms with E-state index < -0.39 is 5.97 Å². The molecule has 0 aromatic carbocycles. The van der Waals surface area contributed by atoms with Gasteiger partial charge in [0.25, 0.3) is 0 Å². The monoisotopic (exact) mass is 257 g/mol. The fraction of sp³-hybridized carbons (Fsp3) is 0.909. The van der Waals surface area contributed by atoms with Crippen LogP contribution in [0.1, 0.15) is 47.0 Å². The molecule has 0 spiro atoms. The molecule has 0 bridgehead atoms. The van der Waals surface area contributed by atoms with Gasteiger partial charge in [0, 0.05) is 25.8 Å². The van der Waals surface area contributed by atoms with E-state index in [1.807, 2.05) is 6.92 Å². The third-order valence-electron chi connectivity index (χ3n) is 0.734. The second-order valence-electron chi connectivity index (χ2n) is 2.42. The number of carboxylic acids is 1. The number of carbonyl (C=O) groups is 1. The van der Waals surface area contributed by atoms with Crippen molar-refractivity contribution in [2.75, 3.05) is 19.8 Å². The van der Waals surface area contributed by atoms with Crippen LogP contribution in [-0.4, -0.2) is 41.1 Å². The Morgan fingerprint density at radius 1 is 0.941 bits per heavy atom. The minimum absolute atomic E-state index is 0. The Balaban J connectivity index is -0.0000000411. The van der Waals surface area contributed by atoms with Gasteiger partial charge in [-0.1, -0.05) is 13.3 Å². The van der Waals surface area contributed by atoms with Crippen LogP contribution >= 0.6 is 0 Å². The molecule has 0 saturated heterocycles. The van der Waals surface area contributed by atoms with Crippen molar-refractivity contribution >= 4 is 5.97 Å². The summed E-state index contributed by atoms with van der Waals surface area (Å²) >= 11 is 0. The Labute approximate surface area is 105 Å². The summed E-state index contributed by atoms with van der Waals surface area (Å²) in [5.74, 6) is -0.943. The van der Waals surface area contributed by atoms with Crippen molar-refractivity contribution in [1.29, 1.82) is 0 Å². The molecule has 0 heterocycles. The van der Waals surface area contributed by atoms with Gasteiger partial charge >= 0.3 is 0 Å². The number of aliphatic carboxylic acids is 1. The van der Waals surface area contributed by atoms with E-state index >= 15 is 0 Å². The predicted molar refractivity (Wildman–Crippen MR) is 68.8 cm³/mol. The van der Waals surface area contributed by atoms with Gasteiger partial charge in [-0.25, -0.2) is 0 Å². The highest BCUT2D eigenvalue weighted by molar-refractivity contribution is 5.63. The largest absolute Gasteiger partial charge is 0.550 e. The molecule has 6 nitrogen and oxygen atoms in total. The van der Waals surface area contributed by atoms with Gasteiger partial charge in [-0.05, 0) is 33.6 Å². The van der Waals surface area contributed by atoms with Crippen molar-refractivity contribution in [2.45, 2.75) is 47.0 Å². The Hall–Kier alpha value is -0.690. The van der Waals surface area contributed by atoms with Crippen LogP contribution in [0.3, 0.4) is 0 Å². The highest BCUT2D eigenvalue weighted by Crippen LogP contribution is 1.89. The van der Waals surface area contributed by atoms with E-state index in [-0.39, 0.29) is 32.4 Å². The number of unbranched alkanes of at least 4 members (excludes halogenated alkanes) is 1. The molecular weight excluding hydrogens is 226 g/mol. The lowest BCUT2D eigenvalue weighted by Gasteiger charge is -1.95. The van der Waals surface area contributed by atoms with Crippen molar-refractivity contribution in [3.63, 3.8) is 0 Å². The lowest BCUT2D eigenvalue weighted by atomic mass is 10.3. The predicted octanol–water partition coefficient (Wildman–Crippen LogP) is 0.299. The first kappa shape index (κ1) is 29.9. The van der Waals surface area contributed by atoms with Crippen LogP contribution in [-0.2, 0) is 4.79 Å². The maximum Gasteiger partial charge on any atom is 0.0414 e. The zero-order chi connectivity index (χ0) is 13.8. The highest BCUT2D eigenvalue weighted by Gasteiger charge is 1.80. The van der Waals surface area contributed by atoms with E-state index in [0.717, 1.165) is 12.8 Å². The number of hydrogen-bond donors (Lipinski definition) is 4. The van der Waals surface area contributed by atoms with Crippen LogP contribution in [0, 0.1) is 0 Å². The van der Waals surface area contributed by atoms with Crippen LogP contribution in [0.25, 0.3) is 0 Å². The maximum atomic E-state index is 9.65. The molecule has 0 rings (SSSR count). The fourth-order valence-electron chi connectivity index (χ4n) is 0.321. The molecule has 0 aromatic rings. The number of quaternary nitrogens is 1. The molecule has 0 aliphatic rings. The van der Waals surface area contributed by atoms with Crippen molar-refractivity contribution in [2.24, 2.45) is 0 Å². The van der Waals surface area contributed by atoms with E-state index in [1.54, 1.807) is 20.8 Å². The lowest BCUT2D eigenvalue weighted by molar-refractivity contribution is -0.305. The van der Waals surface area contributed by atoms with E-state index in [9.17, 15) is 9.90 Å². The van der Waals surface area contributed by atoms with Crippen molar-refractivity contribution < 1.29 is 25.2 Å². The van der Waals surface area contributed by atoms with E-state index in [4.69, 9.17) is 15.3 Å². The summed E-state index contributed by atoms with van der Waals surface area (Å²) in [5.41, 5.74) is 0. The van der Waals surface area contributed by atoms with Crippen molar-refractivity contribution in [3.05, 3.63) is 0 Å². The van der Waals surface area contributed by atoms with Gasteiger partial charge < -0.3 is 31.4 Å². The molecule has 0 saturated carbocycles. The SMILES string of the molecule is CCCCC(=O)[O-].CCO.CCO.CCO.[NH4+]. The number of carbonyl (C=O) groups excluding carboxylic acids is 1. The van der Waals surface area contributed by atoms with Crippen LogP contribution in [0.2, 0.25) is 0 Å². The first-order valence-corrected chi connectivity index (χ1v) is 5.54. The number of rotatable bonds is 3. The molecule has 110 valence electrons. The lowest BCUT2D eigenvalue weighted by Crippen LogP contribution is -2.21. The summed E-state index contributed by atoms with van der Waals surface area (Å²) in [7, 11) is 0. The van der Waals surface area contributed by atoms with Gasteiger partial charge in [-0.3, -0.25) is 0 Å². The van der Waals surface area contributed by atoms with Gasteiger partial charge in [0.1, 0.15) is 0 Å². The third kappa shape index (κ3) is 248. The molecule has 17 heavy (non-hydrogen) atoms. The summed E-state index contributed by atoms with van der Waals surface area (Å²) in [4.78, 5) is 9.65. The zero-order valence-corrected chi connectivity index (χ0v) is 11.9. The van der Waals surface area contributed by atoms with Gasteiger partial charge in [0.2, 0.25) is 0 Å². The average Bonchev–Trinajstić information content (AvgIpc) is 2.18. The Bertz CT molecular complexity index is 97.1. The second-order valence-corrected chi connectivity index (χ2v) is 2.42. The van der Waals surface area contributed by atoms with Crippen LogP contribution < -0.4 is 11.3 Å². The normalized spacial score (nSPS) is 6.76. The smallest absolute Gasteiger partial charge is 0.0414 e. The number of aliphatic hydroxyl groups is 3. The van der Waals surface area contributed by atoms with Crippen molar-refractivity contribution in [1.82, 2.24) is 6.15 Å². The minimum atomic E-state index is -0.943. The second kappa shape index (κ2) is 45.4. The summed E-state index contributed by atoms with van der Waals surface area (Å²) in [6.07, 6.45) is 1.87. The molecule has 0 fully saturated rings. The zero-order valence-electron chi connectivity index (χ0n) is 11.9. The molecule has 0 unspecified atom stereocenters. The fourth-order valence-corrected chi connectivity index (χ4v) is 0.321. The van der Waals surface area contributed by atoms with E-state index in [1.165, 1.54) is 0 Å². The minimum Gasteiger partial charge on any atom is -0.550 e. The van der Waals surface area contributed by atoms with Crippen LogP contribution in [0.15, 0.2) is 0 Å². The van der Waals surface area contributed by atoms with Gasteiger partial charge in [0.15, 0.2) is 0 Å². The molecular formula is C11H31NO5. The number of carboxylic acid groups (broad SMARTS) is 1. The first-order chi connectivity index (χ1) is 7.51. The highest BCUT2D eigenvalue weighted by atomic mass is 16.4. The molecule has 0 aliphatic carbocycles. The quantitative estimate of drug-likeness (QED) is 0.576. The molecule has 0 atom stereocenters. The summed E-state index contributed by atoms with van der Waals surface area (Å²) < 4.78 is 0. The first-order valence-electron chi connectivity index (χ1n) is 5.54. The molecule has 0 aliphatic heterocycles. The van der Waals surface area contributed by atoms with E-state index in [2.05, 4.69) is 0 Å². The molecule has 6 heteroatoms. The molecule has 0 radical (unpaired) electrons. The van der Waals surface area contributed by atoms with Gasteiger partial charge in [0.05, 0.1) is 0 Å². The molecule has 0 aromatic heterocycles. The standard InChI is InChI=1S/C5H10O2.3C2H6O.H3N/c1-2-3-4-5(6)7;3*1-2-3;/h2-4H2,1H3,(H,6,7);3*3H,2H2,1H3;1H3. The van der Waals surface area contributed by atoms with E-state index in [0.29, 0.717) is 0 Å². The molecule has 0 amide bonds. The van der Waals surface area contributed by atoms with Crippen LogP contribution in [0.5, 0.6) is 0 Å². The van der Waals surface area contributed by atoms with Crippen LogP contribution in [0.4, 0.5) is 0 Å². The topological polar surface area (TPSA) is 137 Å². The Morgan fingerprint density at radius 3 is 1.24 bits per heavy atom. The summed E-state index contributed by atoms with van der Waals surface area (Å²) in [5, 5.41) is 32.4. The van der Waals surface area contributed by atoms with Gasteiger partial charge in [-0.15, -0.1) is 0 Å². The maximum absolute atomic E-state index is 9.65. The third-order valence-corrected chi connectivity index (χ3v) is 0.734. The Kier molecular flexibility index (Phi) is 79.8. The van der Waals surface area contributed by atoms with Gasteiger partial charge in [-0.2, -0.15) is 0 Å². The summed E-state index contributed by atoms with van der Waals surface area (Å²) in [6.45, 7) is 7.74. The summed E-state index contributed by atoms with van der Waals surface area (Å²) in [6, 6.07) is 0. The Morgan fingerprint density at radius 2 is 1.18 bits per heavy atom. The van der Waals surface area contributed by atoms with Crippen molar-refractivity contribution in [3.8, 4) is 0 Å². The number of hydrogen-bond acceptors (Lipinski definition) is 5. The number of aliphatic hydroxyl groups excluding tert-OH is 3.